The van der Waals surface area contributed by atoms with Crippen LogP contribution in [0.2, 0.25) is 0 Å². The normalized spacial score (nSPS) is 14.0. The van der Waals surface area contributed by atoms with Crippen LogP contribution in [0.1, 0.15) is 54.0 Å². The van der Waals surface area contributed by atoms with E-state index in [1.54, 1.807) is 0 Å². The summed E-state index contributed by atoms with van der Waals surface area (Å²) < 4.78 is 6.35. The van der Waals surface area contributed by atoms with E-state index in [0.717, 1.165) is 27.9 Å². The number of amides is 1. The number of carbonyl (C=O) groups excluding carboxylic acids is 1. The molecule has 1 aliphatic rings. The minimum Gasteiger partial charge on any atom is -0.494 e. The molecule has 0 aliphatic carbocycles. The van der Waals surface area contributed by atoms with Crippen molar-refractivity contribution in [3.63, 3.8) is 0 Å². The van der Waals surface area contributed by atoms with E-state index in [1.807, 2.05) is 24.0 Å². The third kappa shape index (κ3) is 3.20. The second-order valence-corrected chi connectivity index (χ2v) is 7.09. The van der Waals surface area contributed by atoms with Crippen LogP contribution < -0.4 is 4.74 Å². The number of H-pyrrole nitrogens is 1. The Balaban J connectivity index is 1.82. The number of aromatic amines is 1. The molecule has 0 bridgehead atoms. The molecule has 0 saturated heterocycles. The highest BCUT2D eigenvalue weighted by Gasteiger charge is 2.27. The summed E-state index contributed by atoms with van der Waals surface area (Å²) in [5.41, 5.74) is 3.85. The number of benzene rings is 1. The predicted molar refractivity (Wildman–Crippen MR) is 96.4 cm³/mol. The zero-order valence-corrected chi connectivity index (χ0v) is 15.8. The molecule has 1 N–H and O–H groups in total. The van der Waals surface area contributed by atoms with Gasteiger partial charge in [0, 0.05) is 13.1 Å². The fraction of sp³-hybridized carbons (Fsp3) is 0.444. The quantitative estimate of drug-likeness (QED) is 0.859. The Morgan fingerprint density at radius 1 is 1.42 bits per heavy atom. The molecule has 2 aromatic rings. The first-order valence-electron chi connectivity index (χ1n) is 8.28. The van der Waals surface area contributed by atoms with Crippen LogP contribution in [0.25, 0.3) is 0 Å². The molecule has 5 nitrogen and oxygen atoms in total. The summed E-state index contributed by atoms with van der Waals surface area (Å²) in [5, 5.41) is 7.20. The number of hydrogen-bond acceptors (Lipinski definition) is 3. The van der Waals surface area contributed by atoms with E-state index in [1.165, 1.54) is 5.56 Å². The fourth-order valence-corrected chi connectivity index (χ4v) is 3.78. The molecule has 1 aromatic heterocycles. The highest BCUT2D eigenvalue weighted by atomic mass is 79.9. The molecular formula is C18H22BrN3O2. The van der Waals surface area contributed by atoms with Gasteiger partial charge in [-0.2, -0.15) is 5.10 Å². The van der Waals surface area contributed by atoms with Crippen LogP contribution in [0.4, 0.5) is 0 Å². The van der Waals surface area contributed by atoms with Crippen LogP contribution in [-0.4, -0.2) is 34.2 Å². The first-order valence-corrected chi connectivity index (χ1v) is 9.08. The van der Waals surface area contributed by atoms with Crippen LogP contribution in [0.15, 0.2) is 22.7 Å². The van der Waals surface area contributed by atoms with Crippen LogP contribution in [0, 0.1) is 0 Å². The first kappa shape index (κ1) is 17.0. The zero-order valence-electron chi connectivity index (χ0n) is 14.2. The third-order valence-corrected chi connectivity index (χ3v) is 5.10. The van der Waals surface area contributed by atoms with Gasteiger partial charge in [0.25, 0.3) is 5.91 Å². The Morgan fingerprint density at radius 2 is 2.21 bits per heavy atom. The van der Waals surface area contributed by atoms with Crippen molar-refractivity contribution in [2.75, 3.05) is 13.2 Å². The van der Waals surface area contributed by atoms with Gasteiger partial charge in [-0.15, -0.1) is 0 Å². The van der Waals surface area contributed by atoms with Gasteiger partial charge >= 0.3 is 0 Å². The lowest BCUT2D eigenvalue weighted by molar-refractivity contribution is 0.0727. The Kier molecular flexibility index (Phi) is 4.94. The van der Waals surface area contributed by atoms with Crippen molar-refractivity contribution in [1.82, 2.24) is 15.1 Å². The Morgan fingerprint density at radius 3 is 2.88 bits per heavy atom. The number of aromatic nitrogens is 2. The van der Waals surface area contributed by atoms with Gasteiger partial charge < -0.3 is 9.64 Å². The highest BCUT2D eigenvalue weighted by molar-refractivity contribution is 9.10. The summed E-state index contributed by atoms with van der Waals surface area (Å²) in [6.45, 7) is 8.04. The van der Waals surface area contributed by atoms with Gasteiger partial charge in [0.15, 0.2) is 5.69 Å². The van der Waals surface area contributed by atoms with E-state index in [4.69, 9.17) is 4.74 Å². The fourth-order valence-electron chi connectivity index (χ4n) is 2.98. The van der Waals surface area contributed by atoms with Gasteiger partial charge in [0.1, 0.15) is 5.75 Å². The molecule has 0 radical (unpaired) electrons. The number of rotatable bonds is 4. The van der Waals surface area contributed by atoms with Crippen molar-refractivity contribution in [3.05, 3.63) is 45.2 Å². The summed E-state index contributed by atoms with van der Waals surface area (Å²) in [6, 6.07) is 6.14. The van der Waals surface area contributed by atoms with E-state index >= 15 is 0 Å². The van der Waals surface area contributed by atoms with Crippen molar-refractivity contribution >= 4 is 21.8 Å². The molecule has 6 heteroatoms. The van der Waals surface area contributed by atoms with Gasteiger partial charge in [-0.25, -0.2) is 0 Å². The summed E-state index contributed by atoms with van der Waals surface area (Å²) in [4.78, 5) is 14.7. The number of carbonyl (C=O) groups is 1. The number of ether oxygens (including phenoxy) is 1. The number of hydrogen-bond donors (Lipinski definition) is 1. The zero-order chi connectivity index (χ0) is 17.3. The molecule has 0 saturated carbocycles. The van der Waals surface area contributed by atoms with Crippen molar-refractivity contribution in [3.8, 4) is 5.75 Å². The standard InChI is InChI=1S/C18H22BrN3O2/c1-4-24-14-6-5-12-7-8-22(10-13(12)9-14)18(23)17-15(19)16(11(2)3)20-21-17/h5-6,9,11H,4,7-8,10H2,1-3H3,(H,20,21). The molecule has 2 heterocycles. The van der Waals surface area contributed by atoms with Crippen LogP contribution in [-0.2, 0) is 13.0 Å². The van der Waals surface area contributed by atoms with Gasteiger partial charge in [-0.05, 0) is 58.5 Å². The highest BCUT2D eigenvalue weighted by Crippen LogP contribution is 2.29. The van der Waals surface area contributed by atoms with Crippen LogP contribution in [0.5, 0.6) is 5.75 Å². The lowest BCUT2D eigenvalue weighted by Gasteiger charge is -2.28. The largest absolute Gasteiger partial charge is 0.494 e. The van der Waals surface area contributed by atoms with E-state index in [0.29, 0.717) is 25.4 Å². The summed E-state index contributed by atoms with van der Waals surface area (Å²) in [6.07, 6.45) is 0.854. The average Bonchev–Trinajstić information content (AvgIpc) is 2.95. The second-order valence-electron chi connectivity index (χ2n) is 6.29. The van der Waals surface area contributed by atoms with Crippen LogP contribution in [0.3, 0.4) is 0 Å². The van der Waals surface area contributed by atoms with E-state index < -0.39 is 0 Å². The molecule has 24 heavy (non-hydrogen) atoms. The lowest BCUT2D eigenvalue weighted by Crippen LogP contribution is -2.36. The summed E-state index contributed by atoms with van der Waals surface area (Å²) in [5.74, 6) is 1.09. The molecule has 3 rings (SSSR count). The van der Waals surface area contributed by atoms with Gasteiger partial charge in [0.05, 0.1) is 16.8 Å². The van der Waals surface area contributed by atoms with Crippen molar-refractivity contribution in [1.29, 1.82) is 0 Å². The molecular weight excluding hydrogens is 370 g/mol. The van der Waals surface area contributed by atoms with E-state index in [2.05, 4.69) is 46.0 Å². The second kappa shape index (κ2) is 6.97. The SMILES string of the molecule is CCOc1ccc2c(c1)CN(C(=O)c1n[nH]c(C(C)C)c1Br)CC2. The Labute approximate surface area is 150 Å². The smallest absolute Gasteiger partial charge is 0.275 e. The number of nitrogens with zero attached hydrogens (tertiary/aromatic N) is 2. The predicted octanol–water partition coefficient (Wildman–Crippen LogP) is 3.89. The third-order valence-electron chi connectivity index (χ3n) is 4.30. The van der Waals surface area contributed by atoms with Crippen molar-refractivity contribution < 1.29 is 9.53 Å². The maximum Gasteiger partial charge on any atom is 0.275 e. The van der Waals surface area contributed by atoms with Gasteiger partial charge in [-0.3, -0.25) is 9.89 Å². The number of halogens is 1. The summed E-state index contributed by atoms with van der Waals surface area (Å²) >= 11 is 3.52. The molecule has 1 aliphatic heterocycles. The molecule has 1 amide bonds. The average molecular weight is 392 g/mol. The van der Waals surface area contributed by atoms with Gasteiger partial charge in [0.2, 0.25) is 0 Å². The number of fused-ring (bicyclic) bond motifs is 1. The Hall–Kier alpha value is -1.82. The van der Waals surface area contributed by atoms with E-state index in [-0.39, 0.29) is 11.8 Å². The molecule has 0 unspecified atom stereocenters. The molecule has 0 fully saturated rings. The topological polar surface area (TPSA) is 58.2 Å². The molecule has 0 spiro atoms. The monoisotopic (exact) mass is 391 g/mol. The maximum atomic E-state index is 12.9. The first-order chi connectivity index (χ1) is 11.5. The Bertz CT molecular complexity index is 755. The van der Waals surface area contributed by atoms with Gasteiger partial charge in [-0.1, -0.05) is 19.9 Å². The lowest BCUT2D eigenvalue weighted by atomic mass is 9.99. The maximum absolute atomic E-state index is 12.9. The minimum absolute atomic E-state index is 0.0440. The van der Waals surface area contributed by atoms with Crippen molar-refractivity contribution in [2.24, 2.45) is 0 Å². The minimum atomic E-state index is -0.0440. The number of nitrogens with one attached hydrogen (secondary N) is 1. The molecule has 1 aromatic carbocycles. The van der Waals surface area contributed by atoms with E-state index in [9.17, 15) is 4.79 Å². The van der Waals surface area contributed by atoms with Crippen molar-refractivity contribution in [2.45, 2.75) is 39.7 Å². The van der Waals surface area contributed by atoms with Crippen LogP contribution >= 0.6 is 15.9 Å². The summed E-state index contributed by atoms with van der Waals surface area (Å²) in [7, 11) is 0. The molecule has 128 valence electrons. The molecule has 0 atom stereocenters.